The standard InChI is InChI=1S/C30H24N4O7/c1-19-6-3-7-21(16-19)28(35)32-24-14-12-20(13-15-24)29(36)33-31-18-23-9-5-11-26(34(38)39)27(23)41-30(37)22-8-4-10-25(17-22)40-2/h3-18H,1-2H3,(H,32,35)(H,33,36)/b31-18+. The largest absolute Gasteiger partial charge is 0.497 e. The van der Waals surface area contributed by atoms with E-state index in [1.165, 1.54) is 49.6 Å². The number of ether oxygens (including phenoxy) is 2. The first-order valence-corrected chi connectivity index (χ1v) is 12.2. The van der Waals surface area contributed by atoms with Crippen LogP contribution in [-0.2, 0) is 0 Å². The van der Waals surface area contributed by atoms with E-state index in [9.17, 15) is 24.5 Å². The Kier molecular flexibility index (Phi) is 8.80. The molecule has 11 nitrogen and oxygen atoms in total. The molecule has 0 saturated carbocycles. The van der Waals surface area contributed by atoms with Crippen molar-refractivity contribution in [1.29, 1.82) is 0 Å². The number of hydrogen-bond donors (Lipinski definition) is 2. The van der Waals surface area contributed by atoms with Gasteiger partial charge in [0.2, 0.25) is 5.75 Å². The van der Waals surface area contributed by atoms with E-state index in [0.29, 0.717) is 17.0 Å². The van der Waals surface area contributed by atoms with E-state index < -0.39 is 22.5 Å². The maximum Gasteiger partial charge on any atom is 0.343 e. The van der Waals surface area contributed by atoms with E-state index in [4.69, 9.17) is 9.47 Å². The van der Waals surface area contributed by atoms with Crippen molar-refractivity contribution in [1.82, 2.24) is 5.43 Å². The van der Waals surface area contributed by atoms with Crippen LogP contribution in [0.3, 0.4) is 0 Å². The average molecular weight is 553 g/mol. The van der Waals surface area contributed by atoms with Crippen molar-refractivity contribution >= 4 is 35.4 Å². The first kappa shape index (κ1) is 28.2. The van der Waals surface area contributed by atoms with Gasteiger partial charge in [0.15, 0.2) is 0 Å². The molecule has 0 unspecified atom stereocenters. The van der Waals surface area contributed by atoms with Gasteiger partial charge in [0.05, 0.1) is 23.8 Å². The van der Waals surface area contributed by atoms with Crippen LogP contribution in [0.5, 0.6) is 11.5 Å². The van der Waals surface area contributed by atoms with Crippen LogP contribution in [0.1, 0.15) is 42.2 Å². The molecule has 206 valence electrons. The molecule has 4 aromatic rings. The Morgan fingerprint density at radius 3 is 2.27 bits per heavy atom. The molecule has 0 bridgehead atoms. The summed E-state index contributed by atoms with van der Waals surface area (Å²) in [7, 11) is 1.44. The fraction of sp³-hybridized carbons (Fsp3) is 0.0667. The summed E-state index contributed by atoms with van der Waals surface area (Å²) < 4.78 is 10.5. The summed E-state index contributed by atoms with van der Waals surface area (Å²) in [5.74, 6) is -1.62. The molecule has 0 heterocycles. The van der Waals surface area contributed by atoms with Crippen molar-refractivity contribution < 1.29 is 28.8 Å². The normalized spacial score (nSPS) is 10.6. The average Bonchev–Trinajstić information content (AvgIpc) is 2.98. The number of esters is 1. The molecular formula is C30H24N4O7. The lowest BCUT2D eigenvalue weighted by atomic mass is 10.1. The minimum atomic E-state index is -0.841. The van der Waals surface area contributed by atoms with Gasteiger partial charge in [0.1, 0.15) is 5.75 Å². The molecule has 4 rings (SSSR count). The lowest BCUT2D eigenvalue weighted by Crippen LogP contribution is -2.18. The highest BCUT2D eigenvalue weighted by Gasteiger charge is 2.22. The summed E-state index contributed by atoms with van der Waals surface area (Å²) in [5, 5.41) is 18.2. The Balaban J connectivity index is 1.45. The number of aryl methyl sites for hydroxylation is 1. The van der Waals surface area contributed by atoms with Crippen molar-refractivity contribution in [3.05, 3.63) is 129 Å². The number of carbonyl (C=O) groups excluding carboxylic acids is 3. The van der Waals surface area contributed by atoms with E-state index in [0.717, 1.165) is 11.8 Å². The third kappa shape index (κ3) is 7.18. The Labute approximate surface area is 234 Å². The second-order valence-corrected chi connectivity index (χ2v) is 8.67. The Morgan fingerprint density at radius 1 is 0.854 bits per heavy atom. The second kappa shape index (κ2) is 12.8. The molecule has 2 N–H and O–H groups in total. The zero-order valence-electron chi connectivity index (χ0n) is 22.0. The van der Waals surface area contributed by atoms with Gasteiger partial charge in [-0.05, 0) is 67.6 Å². The van der Waals surface area contributed by atoms with Crippen molar-refractivity contribution in [3.63, 3.8) is 0 Å². The quantitative estimate of drug-likeness (QED) is 0.0959. The lowest BCUT2D eigenvalue weighted by Gasteiger charge is -2.09. The van der Waals surface area contributed by atoms with Crippen molar-refractivity contribution in [2.75, 3.05) is 12.4 Å². The number of amides is 2. The number of nitro benzene ring substituents is 1. The van der Waals surface area contributed by atoms with Gasteiger partial charge in [-0.2, -0.15) is 5.10 Å². The first-order valence-electron chi connectivity index (χ1n) is 12.2. The molecule has 0 radical (unpaired) electrons. The second-order valence-electron chi connectivity index (χ2n) is 8.67. The number of nitrogens with one attached hydrogen (secondary N) is 2. The molecule has 2 amide bonds. The van der Waals surface area contributed by atoms with Crippen LogP contribution < -0.4 is 20.2 Å². The van der Waals surface area contributed by atoms with Crippen LogP contribution in [0, 0.1) is 17.0 Å². The number of para-hydroxylation sites is 1. The van der Waals surface area contributed by atoms with E-state index in [2.05, 4.69) is 15.8 Å². The highest BCUT2D eigenvalue weighted by molar-refractivity contribution is 6.04. The molecule has 0 aliphatic rings. The van der Waals surface area contributed by atoms with E-state index in [1.807, 2.05) is 13.0 Å². The smallest absolute Gasteiger partial charge is 0.343 e. The molecule has 11 heteroatoms. The number of hydrogen-bond acceptors (Lipinski definition) is 8. The molecule has 0 aliphatic carbocycles. The lowest BCUT2D eigenvalue weighted by molar-refractivity contribution is -0.385. The highest BCUT2D eigenvalue weighted by Crippen LogP contribution is 2.31. The van der Waals surface area contributed by atoms with Crippen LogP contribution in [0.25, 0.3) is 0 Å². The summed E-state index contributed by atoms with van der Waals surface area (Å²) >= 11 is 0. The molecule has 41 heavy (non-hydrogen) atoms. The number of nitro groups is 1. The Hall–Kier alpha value is -5.84. The maximum absolute atomic E-state index is 12.7. The van der Waals surface area contributed by atoms with Crippen LogP contribution in [0.2, 0.25) is 0 Å². The van der Waals surface area contributed by atoms with Gasteiger partial charge in [-0.3, -0.25) is 19.7 Å². The van der Waals surface area contributed by atoms with E-state index in [-0.39, 0.29) is 28.3 Å². The van der Waals surface area contributed by atoms with Crippen LogP contribution in [0.15, 0.2) is 96.1 Å². The van der Waals surface area contributed by atoms with E-state index in [1.54, 1.807) is 42.5 Å². The number of nitrogens with zero attached hydrogens (tertiary/aromatic N) is 2. The maximum atomic E-state index is 12.7. The molecule has 0 atom stereocenters. The number of anilines is 1. The third-order valence-corrected chi connectivity index (χ3v) is 5.78. The molecule has 4 aromatic carbocycles. The van der Waals surface area contributed by atoms with Crippen LogP contribution in [-0.4, -0.2) is 36.0 Å². The SMILES string of the molecule is COc1cccc(C(=O)Oc2c(/C=N/NC(=O)c3ccc(NC(=O)c4cccc(C)c4)cc3)cccc2[N+](=O)[O-])c1. The van der Waals surface area contributed by atoms with Crippen molar-refractivity contribution in [2.24, 2.45) is 5.10 Å². The molecule has 0 saturated heterocycles. The van der Waals surface area contributed by atoms with Gasteiger partial charge >= 0.3 is 11.7 Å². The predicted octanol–water partition coefficient (Wildman–Crippen LogP) is 5.15. The van der Waals surface area contributed by atoms with Gasteiger partial charge < -0.3 is 14.8 Å². The van der Waals surface area contributed by atoms with E-state index >= 15 is 0 Å². The summed E-state index contributed by atoms with van der Waals surface area (Å²) in [6, 6.07) is 23.5. The molecule has 0 fully saturated rings. The van der Waals surface area contributed by atoms with Crippen LogP contribution in [0.4, 0.5) is 11.4 Å². The van der Waals surface area contributed by atoms with Gasteiger partial charge in [-0.1, -0.05) is 29.8 Å². The summed E-state index contributed by atoms with van der Waals surface area (Å²) in [6.07, 6.45) is 1.13. The van der Waals surface area contributed by atoms with Crippen molar-refractivity contribution in [2.45, 2.75) is 6.92 Å². The van der Waals surface area contributed by atoms with Gasteiger partial charge in [-0.25, -0.2) is 10.2 Å². The first-order chi connectivity index (χ1) is 19.7. The Morgan fingerprint density at radius 2 is 1.56 bits per heavy atom. The fourth-order valence-electron chi connectivity index (χ4n) is 3.72. The predicted molar refractivity (Wildman–Crippen MR) is 152 cm³/mol. The zero-order valence-corrected chi connectivity index (χ0v) is 22.0. The Bertz CT molecular complexity index is 1650. The number of benzene rings is 4. The van der Waals surface area contributed by atoms with Crippen molar-refractivity contribution in [3.8, 4) is 11.5 Å². The molecule has 0 aliphatic heterocycles. The summed E-state index contributed by atoms with van der Waals surface area (Å²) in [5.41, 5.74) is 4.30. The highest BCUT2D eigenvalue weighted by atomic mass is 16.6. The molecular weight excluding hydrogens is 528 g/mol. The van der Waals surface area contributed by atoms with Crippen LogP contribution >= 0.6 is 0 Å². The zero-order chi connectivity index (χ0) is 29.4. The molecule has 0 spiro atoms. The number of hydrazone groups is 1. The molecule has 0 aromatic heterocycles. The summed E-state index contributed by atoms with van der Waals surface area (Å²) in [6.45, 7) is 1.89. The summed E-state index contributed by atoms with van der Waals surface area (Å²) in [4.78, 5) is 48.7. The van der Waals surface area contributed by atoms with Gasteiger partial charge in [-0.15, -0.1) is 0 Å². The minimum absolute atomic E-state index is 0.0879. The number of carbonyl (C=O) groups is 3. The fourth-order valence-corrected chi connectivity index (χ4v) is 3.72. The minimum Gasteiger partial charge on any atom is -0.497 e. The van der Waals surface area contributed by atoms with Gasteiger partial charge in [0.25, 0.3) is 11.8 Å². The third-order valence-electron chi connectivity index (χ3n) is 5.78. The monoisotopic (exact) mass is 552 g/mol. The number of methoxy groups -OCH3 is 1. The topological polar surface area (TPSA) is 149 Å². The van der Waals surface area contributed by atoms with Gasteiger partial charge in [0, 0.05) is 28.4 Å². The number of rotatable bonds is 9.